The Bertz CT molecular complexity index is 409. The largest absolute Gasteiger partial charge is 0.364 e. The van der Waals surface area contributed by atoms with Crippen LogP contribution in [0.25, 0.3) is 0 Å². The van der Waals surface area contributed by atoms with E-state index < -0.39 is 0 Å². The molecule has 0 aliphatic heterocycles. The van der Waals surface area contributed by atoms with Gasteiger partial charge in [0.25, 0.3) is 0 Å². The van der Waals surface area contributed by atoms with E-state index in [-0.39, 0.29) is 6.04 Å². The van der Waals surface area contributed by atoms with Crippen LogP contribution in [0.2, 0.25) is 5.02 Å². The SMILES string of the molecule is CCCNc1ncc(Cl)c(NC(CN(C)C)C(C)C)n1. The van der Waals surface area contributed by atoms with Crippen LogP contribution >= 0.6 is 11.6 Å². The van der Waals surface area contributed by atoms with Crippen LogP contribution in [0.15, 0.2) is 6.20 Å². The first-order valence-electron chi connectivity index (χ1n) is 7.11. The third kappa shape index (κ3) is 5.51. The Kier molecular flexibility index (Phi) is 7.02. The predicted molar refractivity (Wildman–Crippen MR) is 86.6 cm³/mol. The summed E-state index contributed by atoms with van der Waals surface area (Å²) in [5.74, 6) is 1.79. The van der Waals surface area contributed by atoms with Gasteiger partial charge in [0, 0.05) is 19.1 Å². The minimum atomic E-state index is 0.288. The Labute approximate surface area is 127 Å². The van der Waals surface area contributed by atoms with Crippen LogP contribution < -0.4 is 10.6 Å². The summed E-state index contributed by atoms with van der Waals surface area (Å²) in [4.78, 5) is 10.8. The molecule has 1 unspecified atom stereocenters. The lowest BCUT2D eigenvalue weighted by Crippen LogP contribution is -2.36. The van der Waals surface area contributed by atoms with Gasteiger partial charge in [0.1, 0.15) is 5.02 Å². The van der Waals surface area contributed by atoms with Gasteiger partial charge in [-0.25, -0.2) is 4.98 Å². The first kappa shape index (κ1) is 17.0. The summed E-state index contributed by atoms with van der Waals surface area (Å²) in [6.07, 6.45) is 2.67. The molecule has 1 aromatic rings. The van der Waals surface area contributed by atoms with Crippen molar-refractivity contribution in [2.45, 2.75) is 33.2 Å². The van der Waals surface area contributed by atoms with E-state index in [1.165, 1.54) is 0 Å². The molecule has 20 heavy (non-hydrogen) atoms. The fourth-order valence-electron chi connectivity index (χ4n) is 1.78. The maximum absolute atomic E-state index is 6.19. The molecule has 1 rings (SSSR count). The highest BCUT2D eigenvalue weighted by Gasteiger charge is 2.16. The van der Waals surface area contributed by atoms with Crippen LogP contribution in [0, 0.1) is 5.92 Å². The van der Waals surface area contributed by atoms with E-state index in [1.54, 1.807) is 6.20 Å². The number of hydrogen-bond donors (Lipinski definition) is 2. The van der Waals surface area contributed by atoms with Gasteiger partial charge in [-0.05, 0) is 26.4 Å². The summed E-state index contributed by atoms with van der Waals surface area (Å²) in [7, 11) is 4.12. The zero-order valence-corrected chi connectivity index (χ0v) is 13.8. The highest BCUT2D eigenvalue weighted by atomic mass is 35.5. The molecule has 0 saturated heterocycles. The van der Waals surface area contributed by atoms with Gasteiger partial charge in [-0.1, -0.05) is 32.4 Å². The third-order valence-corrected chi connectivity index (χ3v) is 3.24. The molecule has 114 valence electrons. The molecule has 2 N–H and O–H groups in total. The summed E-state index contributed by atoms with van der Waals surface area (Å²) in [5.41, 5.74) is 0. The van der Waals surface area contributed by atoms with Crippen molar-refractivity contribution in [1.82, 2.24) is 14.9 Å². The van der Waals surface area contributed by atoms with Crippen molar-refractivity contribution < 1.29 is 0 Å². The van der Waals surface area contributed by atoms with E-state index >= 15 is 0 Å². The molecule has 0 aliphatic rings. The standard InChI is InChI=1S/C14H26ClN5/c1-6-7-16-14-17-8-11(15)13(19-14)18-12(10(2)3)9-20(4)5/h8,10,12H,6-7,9H2,1-5H3,(H2,16,17,18,19). The highest BCUT2D eigenvalue weighted by Crippen LogP contribution is 2.22. The lowest BCUT2D eigenvalue weighted by atomic mass is 10.0. The molecule has 6 heteroatoms. The molecule has 0 fully saturated rings. The van der Waals surface area contributed by atoms with E-state index in [0.717, 1.165) is 19.5 Å². The summed E-state index contributed by atoms with van der Waals surface area (Å²) in [5, 5.41) is 7.16. The molecule has 0 bridgehead atoms. The molecule has 1 atom stereocenters. The maximum atomic E-state index is 6.19. The number of anilines is 2. The van der Waals surface area contributed by atoms with Gasteiger partial charge in [-0.3, -0.25) is 0 Å². The average Bonchev–Trinajstić information content (AvgIpc) is 2.38. The van der Waals surface area contributed by atoms with Gasteiger partial charge < -0.3 is 15.5 Å². The lowest BCUT2D eigenvalue weighted by molar-refractivity contribution is 0.344. The molecule has 1 heterocycles. The summed E-state index contributed by atoms with van der Waals surface area (Å²) in [6, 6.07) is 0.288. The number of likely N-dealkylation sites (N-methyl/N-ethyl adjacent to an activating group) is 1. The van der Waals surface area contributed by atoms with Crippen LogP contribution in [0.5, 0.6) is 0 Å². The normalized spacial score (nSPS) is 12.8. The second kappa shape index (κ2) is 8.27. The molecule has 0 radical (unpaired) electrons. The van der Waals surface area contributed by atoms with Crippen LogP contribution in [0.3, 0.4) is 0 Å². The molecule has 0 spiro atoms. The molecule has 0 amide bonds. The van der Waals surface area contributed by atoms with Gasteiger partial charge in [0.2, 0.25) is 5.95 Å². The van der Waals surface area contributed by atoms with Gasteiger partial charge in [0.15, 0.2) is 5.82 Å². The topological polar surface area (TPSA) is 53.1 Å². The Morgan fingerprint density at radius 2 is 2.05 bits per heavy atom. The highest BCUT2D eigenvalue weighted by molar-refractivity contribution is 6.32. The molecule has 1 aromatic heterocycles. The number of nitrogens with one attached hydrogen (secondary N) is 2. The molecule has 0 saturated carbocycles. The molecule has 0 aliphatic carbocycles. The Morgan fingerprint density at radius 3 is 2.60 bits per heavy atom. The van der Waals surface area contributed by atoms with Crippen molar-refractivity contribution in [2.24, 2.45) is 5.92 Å². The monoisotopic (exact) mass is 299 g/mol. The molecular weight excluding hydrogens is 274 g/mol. The number of rotatable bonds is 8. The fraction of sp³-hybridized carbons (Fsp3) is 0.714. The zero-order chi connectivity index (χ0) is 15.1. The number of halogens is 1. The van der Waals surface area contributed by atoms with Gasteiger partial charge in [-0.2, -0.15) is 4.98 Å². The first-order valence-corrected chi connectivity index (χ1v) is 7.49. The van der Waals surface area contributed by atoms with Crippen molar-refractivity contribution >= 4 is 23.4 Å². The third-order valence-electron chi connectivity index (χ3n) is 2.97. The second-order valence-corrected chi connectivity index (χ2v) is 5.98. The van der Waals surface area contributed by atoms with Gasteiger partial charge >= 0.3 is 0 Å². The predicted octanol–water partition coefficient (Wildman–Crippen LogP) is 2.95. The summed E-state index contributed by atoms with van der Waals surface area (Å²) < 4.78 is 0. The van der Waals surface area contributed by atoms with Crippen LogP contribution in [-0.4, -0.2) is 48.1 Å². The smallest absolute Gasteiger partial charge is 0.224 e. The number of nitrogens with zero attached hydrogens (tertiary/aromatic N) is 3. The Morgan fingerprint density at radius 1 is 1.35 bits per heavy atom. The van der Waals surface area contributed by atoms with E-state index in [2.05, 4.69) is 60.4 Å². The van der Waals surface area contributed by atoms with E-state index in [1.807, 2.05) is 0 Å². The number of aromatic nitrogens is 2. The van der Waals surface area contributed by atoms with Crippen molar-refractivity contribution in [2.75, 3.05) is 37.8 Å². The quantitative estimate of drug-likeness (QED) is 0.773. The van der Waals surface area contributed by atoms with Gasteiger partial charge in [0.05, 0.1) is 6.20 Å². The van der Waals surface area contributed by atoms with E-state index in [4.69, 9.17) is 11.6 Å². The molecule has 0 aromatic carbocycles. The fourth-order valence-corrected chi connectivity index (χ4v) is 1.93. The van der Waals surface area contributed by atoms with Crippen molar-refractivity contribution in [3.63, 3.8) is 0 Å². The van der Waals surface area contributed by atoms with Crippen LogP contribution in [0.4, 0.5) is 11.8 Å². The van der Waals surface area contributed by atoms with E-state index in [9.17, 15) is 0 Å². The lowest BCUT2D eigenvalue weighted by Gasteiger charge is -2.26. The minimum absolute atomic E-state index is 0.288. The van der Waals surface area contributed by atoms with Crippen molar-refractivity contribution in [3.8, 4) is 0 Å². The first-order chi connectivity index (χ1) is 9.43. The second-order valence-electron chi connectivity index (χ2n) is 5.57. The van der Waals surface area contributed by atoms with E-state index in [0.29, 0.717) is 22.7 Å². The van der Waals surface area contributed by atoms with Crippen molar-refractivity contribution in [1.29, 1.82) is 0 Å². The zero-order valence-electron chi connectivity index (χ0n) is 13.1. The van der Waals surface area contributed by atoms with Crippen LogP contribution in [-0.2, 0) is 0 Å². The summed E-state index contributed by atoms with van der Waals surface area (Å²) in [6.45, 7) is 8.26. The number of hydrogen-bond acceptors (Lipinski definition) is 5. The van der Waals surface area contributed by atoms with Crippen molar-refractivity contribution in [3.05, 3.63) is 11.2 Å². The minimum Gasteiger partial charge on any atom is -0.364 e. The molecular formula is C14H26ClN5. The molecule has 5 nitrogen and oxygen atoms in total. The van der Waals surface area contributed by atoms with Crippen LogP contribution in [0.1, 0.15) is 27.2 Å². The Balaban J connectivity index is 2.82. The Hall–Kier alpha value is -1.07. The average molecular weight is 300 g/mol. The maximum Gasteiger partial charge on any atom is 0.224 e. The van der Waals surface area contributed by atoms with Gasteiger partial charge in [-0.15, -0.1) is 0 Å². The summed E-state index contributed by atoms with van der Waals surface area (Å²) >= 11 is 6.19.